The normalized spacial score (nSPS) is 14.1. The van der Waals surface area contributed by atoms with E-state index in [1.165, 1.54) is 0 Å². The van der Waals surface area contributed by atoms with Crippen LogP contribution < -0.4 is 10.1 Å². The summed E-state index contributed by atoms with van der Waals surface area (Å²) < 4.78 is 7.11. The number of aromatic nitrogens is 2. The van der Waals surface area contributed by atoms with Gasteiger partial charge in [0.1, 0.15) is 11.4 Å². The number of nitrogens with one attached hydrogen (secondary N) is 1. The molecule has 20 heavy (non-hydrogen) atoms. The van der Waals surface area contributed by atoms with E-state index < -0.39 is 0 Å². The maximum atomic E-state index is 11.8. The number of benzene rings is 1. The summed E-state index contributed by atoms with van der Waals surface area (Å²) in [4.78, 5) is 11.8. The third kappa shape index (κ3) is 3.11. The van der Waals surface area contributed by atoms with Crippen molar-refractivity contribution in [1.29, 1.82) is 0 Å². The first-order valence-electron chi connectivity index (χ1n) is 6.44. The Hall–Kier alpha value is -2.01. The highest BCUT2D eigenvalue weighted by Crippen LogP contribution is 2.23. The molecule has 1 saturated carbocycles. The van der Waals surface area contributed by atoms with Crippen molar-refractivity contribution in [3.8, 4) is 5.75 Å². The van der Waals surface area contributed by atoms with Crippen LogP contribution in [0.25, 0.3) is 0 Å². The Morgan fingerprint density at radius 1 is 1.40 bits per heavy atom. The maximum Gasteiger partial charge on any atom is 0.271 e. The van der Waals surface area contributed by atoms with Crippen LogP contribution in [0.5, 0.6) is 5.75 Å². The number of nitrogens with zero attached hydrogens (tertiary/aromatic N) is 2. The molecule has 6 heteroatoms. The van der Waals surface area contributed by atoms with Gasteiger partial charge in [0, 0.05) is 12.2 Å². The van der Waals surface area contributed by atoms with Gasteiger partial charge in [0.15, 0.2) is 6.73 Å². The molecular formula is C14H14ClN3O2. The van der Waals surface area contributed by atoms with Gasteiger partial charge in [-0.15, -0.1) is 0 Å². The highest BCUT2D eigenvalue weighted by molar-refractivity contribution is 6.32. The van der Waals surface area contributed by atoms with Crippen molar-refractivity contribution in [3.63, 3.8) is 0 Å². The van der Waals surface area contributed by atoms with E-state index in [1.807, 2.05) is 12.1 Å². The van der Waals surface area contributed by atoms with Crippen molar-refractivity contribution in [1.82, 2.24) is 15.1 Å². The number of carbonyl (C=O) groups excluding carboxylic acids is 1. The summed E-state index contributed by atoms with van der Waals surface area (Å²) in [5, 5.41) is 7.61. The van der Waals surface area contributed by atoms with Crippen molar-refractivity contribution in [2.45, 2.75) is 25.6 Å². The van der Waals surface area contributed by atoms with Gasteiger partial charge in [0.05, 0.1) is 5.02 Å². The molecule has 1 aromatic carbocycles. The molecule has 104 valence electrons. The molecule has 0 saturated heterocycles. The molecule has 3 rings (SSSR count). The maximum absolute atomic E-state index is 11.8. The quantitative estimate of drug-likeness (QED) is 0.921. The molecule has 0 aliphatic heterocycles. The molecule has 5 nitrogen and oxygen atoms in total. The van der Waals surface area contributed by atoms with Gasteiger partial charge in [-0.05, 0) is 31.0 Å². The SMILES string of the molecule is O=C(NC1CC1)c1ccn(COc2ccccc2Cl)n1. The fourth-order valence-corrected chi connectivity index (χ4v) is 1.93. The minimum atomic E-state index is -0.135. The lowest BCUT2D eigenvalue weighted by molar-refractivity contribution is 0.0944. The van der Waals surface area contributed by atoms with Crippen molar-refractivity contribution in [3.05, 3.63) is 47.2 Å². The minimum absolute atomic E-state index is 0.135. The van der Waals surface area contributed by atoms with E-state index in [1.54, 1.807) is 29.1 Å². The van der Waals surface area contributed by atoms with Crippen LogP contribution >= 0.6 is 11.6 Å². The second kappa shape index (κ2) is 5.54. The van der Waals surface area contributed by atoms with Crippen molar-refractivity contribution in [2.75, 3.05) is 0 Å². The summed E-state index contributed by atoms with van der Waals surface area (Å²) in [6.45, 7) is 0.209. The number of ether oxygens (including phenoxy) is 1. The topological polar surface area (TPSA) is 56.2 Å². The average Bonchev–Trinajstić information content (AvgIpc) is 3.13. The van der Waals surface area contributed by atoms with Gasteiger partial charge in [-0.2, -0.15) is 5.10 Å². The Balaban J connectivity index is 1.59. The third-order valence-electron chi connectivity index (χ3n) is 2.97. The molecule has 1 aliphatic rings. The smallest absolute Gasteiger partial charge is 0.271 e. The van der Waals surface area contributed by atoms with Crippen molar-refractivity contribution in [2.24, 2.45) is 0 Å². The fourth-order valence-electron chi connectivity index (χ4n) is 1.74. The highest BCUT2D eigenvalue weighted by atomic mass is 35.5. The number of hydrogen-bond donors (Lipinski definition) is 1. The molecule has 1 N–H and O–H groups in total. The number of halogens is 1. The molecule has 2 aromatic rings. The monoisotopic (exact) mass is 291 g/mol. The van der Waals surface area contributed by atoms with E-state index in [0.29, 0.717) is 22.5 Å². The molecule has 0 spiro atoms. The van der Waals surface area contributed by atoms with Crippen LogP contribution in [0.3, 0.4) is 0 Å². The van der Waals surface area contributed by atoms with Crippen LogP contribution in [0.4, 0.5) is 0 Å². The number of hydrogen-bond acceptors (Lipinski definition) is 3. The van der Waals surface area contributed by atoms with Gasteiger partial charge in [-0.25, -0.2) is 4.68 Å². The number of para-hydroxylation sites is 1. The van der Waals surface area contributed by atoms with Crippen LogP contribution in [0.15, 0.2) is 36.5 Å². The lowest BCUT2D eigenvalue weighted by Crippen LogP contribution is -2.26. The minimum Gasteiger partial charge on any atom is -0.470 e. The Labute approximate surface area is 121 Å². The highest BCUT2D eigenvalue weighted by Gasteiger charge is 2.24. The summed E-state index contributed by atoms with van der Waals surface area (Å²) in [7, 11) is 0. The summed E-state index contributed by atoms with van der Waals surface area (Å²) in [5.41, 5.74) is 0.402. The Morgan fingerprint density at radius 3 is 2.95 bits per heavy atom. The molecule has 1 aliphatic carbocycles. The largest absolute Gasteiger partial charge is 0.470 e. The predicted octanol–water partition coefficient (Wildman–Crippen LogP) is 2.47. The first kappa shape index (κ1) is 13.0. The second-order valence-electron chi connectivity index (χ2n) is 4.69. The molecule has 0 unspecified atom stereocenters. The van der Waals surface area contributed by atoms with Crippen LogP contribution in [0.1, 0.15) is 23.3 Å². The van der Waals surface area contributed by atoms with E-state index in [4.69, 9.17) is 16.3 Å². The van der Waals surface area contributed by atoms with Crippen LogP contribution in [-0.4, -0.2) is 21.7 Å². The van der Waals surface area contributed by atoms with E-state index in [9.17, 15) is 4.79 Å². The second-order valence-corrected chi connectivity index (χ2v) is 5.10. The zero-order chi connectivity index (χ0) is 13.9. The number of amides is 1. The zero-order valence-electron chi connectivity index (χ0n) is 10.8. The van der Waals surface area contributed by atoms with Gasteiger partial charge in [0.2, 0.25) is 0 Å². The van der Waals surface area contributed by atoms with Gasteiger partial charge in [-0.1, -0.05) is 23.7 Å². The number of carbonyl (C=O) groups is 1. The van der Waals surface area contributed by atoms with Gasteiger partial charge in [0.25, 0.3) is 5.91 Å². The lowest BCUT2D eigenvalue weighted by atomic mass is 10.3. The molecule has 1 heterocycles. The molecule has 1 amide bonds. The Kier molecular flexibility index (Phi) is 3.60. The fraction of sp³-hybridized carbons (Fsp3) is 0.286. The molecule has 0 atom stereocenters. The number of rotatable bonds is 5. The molecule has 0 bridgehead atoms. The van der Waals surface area contributed by atoms with Crippen LogP contribution in [-0.2, 0) is 6.73 Å². The standard InChI is InChI=1S/C14H14ClN3O2/c15-11-3-1-2-4-13(11)20-9-18-8-7-12(17-18)14(19)16-10-5-6-10/h1-4,7-8,10H,5-6,9H2,(H,16,19). The van der Waals surface area contributed by atoms with Gasteiger partial charge >= 0.3 is 0 Å². The van der Waals surface area contributed by atoms with Crippen LogP contribution in [0.2, 0.25) is 5.02 Å². The summed E-state index contributed by atoms with van der Waals surface area (Å²) >= 11 is 5.99. The first-order chi connectivity index (χ1) is 9.72. The molecule has 1 aromatic heterocycles. The van der Waals surface area contributed by atoms with E-state index in [0.717, 1.165) is 12.8 Å². The van der Waals surface area contributed by atoms with Gasteiger partial charge in [-0.3, -0.25) is 4.79 Å². The summed E-state index contributed by atoms with van der Waals surface area (Å²) in [5.74, 6) is 0.456. The van der Waals surface area contributed by atoms with Gasteiger partial charge < -0.3 is 10.1 Å². The van der Waals surface area contributed by atoms with E-state index in [-0.39, 0.29) is 12.6 Å². The van der Waals surface area contributed by atoms with Crippen molar-refractivity contribution < 1.29 is 9.53 Å². The zero-order valence-corrected chi connectivity index (χ0v) is 11.5. The van der Waals surface area contributed by atoms with Crippen molar-refractivity contribution >= 4 is 17.5 Å². The molecule has 0 radical (unpaired) electrons. The molecular weight excluding hydrogens is 278 g/mol. The molecule has 1 fully saturated rings. The van der Waals surface area contributed by atoms with E-state index in [2.05, 4.69) is 10.4 Å². The first-order valence-corrected chi connectivity index (χ1v) is 6.82. The summed E-state index contributed by atoms with van der Waals surface area (Å²) in [6, 6.07) is 9.23. The average molecular weight is 292 g/mol. The summed E-state index contributed by atoms with van der Waals surface area (Å²) in [6.07, 6.45) is 3.82. The predicted molar refractivity (Wildman–Crippen MR) is 74.8 cm³/mol. The van der Waals surface area contributed by atoms with Crippen LogP contribution in [0, 0.1) is 0 Å². The lowest BCUT2D eigenvalue weighted by Gasteiger charge is -2.07. The third-order valence-corrected chi connectivity index (χ3v) is 3.29. The Morgan fingerprint density at radius 2 is 2.20 bits per heavy atom. The van der Waals surface area contributed by atoms with E-state index >= 15 is 0 Å². The Bertz CT molecular complexity index is 622.